The van der Waals surface area contributed by atoms with Gasteiger partial charge in [0.25, 0.3) is 0 Å². The first kappa shape index (κ1) is 20.6. The number of rotatable bonds is 8. The fourth-order valence-corrected chi connectivity index (χ4v) is 3.31. The Morgan fingerprint density at radius 2 is 1.66 bits per heavy atom. The zero-order valence-electron chi connectivity index (χ0n) is 16.5. The maximum atomic E-state index is 12.1. The molecule has 0 atom stereocenters. The minimum atomic E-state index is -0.137. The Morgan fingerprint density at radius 3 is 2.38 bits per heavy atom. The quantitative estimate of drug-likeness (QED) is 0.583. The molecule has 1 aliphatic rings. The van der Waals surface area contributed by atoms with Crippen LogP contribution in [-0.4, -0.2) is 29.5 Å². The van der Waals surface area contributed by atoms with E-state index in [2.05, 4.69) is 20.9 Å². The van der Waals surface area contributed by atoms with Gasteiger partial charge in [-0.2, -0.15) is 0 Å². The monoisotopic (exact) mass is 396 g/mol. The van der Waals surface area contributed by atoms with Crippen LogP contribution in [0.3, 0.4) is 0 Å². The predicted molar refractivity (Wildman–Crippen MR) is 112 cm³/mol. The molecular weight excluding hydrogens is 368 g/mol. The van der Waals surface area contributed by atoms with Gasteiger partial charge >= 0.3 is 6.03 Å². The van der Waals surface area contributed by atoms with Crippen molar-refractivity contribution in [2.75, 3.05) is 11.9 Å². The van der Waals surface area contributed by atoms with Crippen LogP contribution in [0.2, 0.25) is 0 Å². The van der Waals surface area contributed by atoms with Gasteiger partial charge in [-0.15, -0.1) is 0 Å². The molecule has 0 saturated heterocycles. The summed E-state index contributed by atoms with van der Waals surface area (Å²) >= 11 is 0. The number of anilines is 1. The number of amides is 3. The summed E-state index contributed by atoms with van der Waals surface area (Å²) in [5, 5.41) is 8.69. The van der Waals surface area contributed by atoms with Crippen LogP contribution in [0, 0.1) is 0 Å². The van der Waals surface area contributed by atoms with E-state index in [1.165, 1.54) is 19.3 Å². The second-order valence-electron chi connectivity index (χ2n) is 7.20. The highest BCUT2D eigenvalue weighted by Gasteiger charge is 2.15. The molecule has 1 heterocycles. The molecule has 0 bridgehead atoms. The van der Waals surface area contributed by atoms with Crippen molar-refractivity contribution in [3.05, 3.63) is 48.8 Å². The van der Waals surface area contributed by atoms with Gasteiger partial charge < -0.3 is 20.7 Å². The molecule has 0 aliphatic heterocycles. The second kappa shape index (κ2) is 11.0. The van der Waals surface area contributed by atoms with E-state index in [9.17, 15) is 9.59 Å². The Hall–Kier alpha value is -3.09. The fourth-order valence-electron chi connectivity index (χ4n) is 3.31. The summed E-state index contributed by atoms with van der Waals surface area (Å²) in [6, 6.07) is 10.9. The number of pyridine rings is 1. The third kappa shape index (κ3) is 7.44. The first-order valence-electron chi connectivity index (χ1n) is 10.2. The second-order valence-corrected chi connectivity index (χ2v) is 7.20. The smallest absolute Gasteiger partial charge is 0.315 e. The number of ether oxygens (including phenoxy) is 1. The topological polar surface area (TPSA) is 92.4 Å². The van der Waals surface area contributed by atoms with E-state index in [0.29, 0.717) is 36.6 Å². The third-order valence-electron chi connectivity index (χ3n) is 4.83. The maximum absolute atomic E-state index is 12.1. The largest absolute Gasteiger partial charge is 0.457 e. The number of nitrogens with zero attached hydrogens (tertiary/aromatic N) is 1. The standard InChI is InChI=1S/C22H28N4O3/c27-21(7-4-14-24-22(28)26-17-5-2-1-3-6-17)25-18-8-10-19(11-9-18)29-20-12-15-23-16-13-20/h8-13,15-17H,1-7,14H2,(H,25,27)(H2,24,26,28). The Bertz CT molecular complexity index is 774. The highest BCUT2D eigenvalue weighted by atomic mass is 16.5. The lowest BCUT2D eigenvalue weighted by atomic mass is 9.96. The van der Waals surface area contributed by atoms with E-state index in [0.717, 1.165) is 12.8 Å². The van der Waals surface area contributed by atoms with Gasteiger partial charge in [0.05, 0.1) is 0 Å². The van der Waals surface area contributed by atoms with E-state index in [4.69, 9.17) is 4.74 Å². The van der Waals surface area contributed by atoms with Crippen LogP contribution in [0.4, 0.5) is 10.5 Å². The van der Waals surface area contributed by atoms with E-state index in [1.54, 1.807) is 48.8 Å². The lowest BCUT2D eigenvalue weighted by Crippen LogP contribution is -2.43. The first-order valence-corrected chi connectivity index (χ1v) is 10.2. The number of carbonyl (C=O) groups is 2. The molecule has 1 aromatic carbocycles. The van der Waals surface area contributed by atoms with Crippen molar-refractivity contribution < 1.29 is 14.3 Å². The van der Waals surface area contributed by atoms with Gasteiger partial charge in [0, 0.05) is 37.1 Å². The number of hydrogen-bond donors (Lipinski definition) is 3. The van der Waals surface area contributed by atoms with Crippen molar-refractivity contribution in [2.45, 2.75) is 51.0 Å². The molecule has 0 radical (unpaired) electrons. The molecule has 29 heavy (non-hydrogen) atoms. The summed E-state index contributed by atoms with van der Waals surface area (Å²) in [7, 11) is 0. The van der Waals surface area contributed by atoms with Crippen molar-refractivity contribution in [2.24, 2.45) is 0 Å². The summed E-state index contributed by atoms with van der Waals surface area (Å²) in [6.45, 7) is 0.477. The van der Waals surface area contributed by atoms with E-state index < -0.39 is 0 Å². The highest BCUT2D eigenvalue weighted by molar-refractivity contribution is 5.90. The molecule has 2 aromatic rings. The zero-order chi connectivity index (χ0) is 20.3. The van der Waals surface area contributed by atoms with Crippen molar-refractivity contribution in [1.29, 1.82) is 0 Å². The van der Waals surface area contributed by atoms with Crippen LogP contribution >= 0.6 is 0 Å². The van der Waals surface area contributed by atoms with Crippen molar-refractivity contribution in [3.8, 4) is 11.5 Å². The summed E-state index contributed by atoms with van der Waals surface area (Å²) in [5.41, 5.74) is 0.708. The molecule has 1 aromatic heterocycles. The highest BCUT2D eigenvalue weighted by Crippen LogP contribution is 2.22. The van der Waals surface area contributed by atoms with E-state index >= 15 is 0 Å². The maximum Gasteiger partial charge on any atom is 0.315 e. The van der Waals surface area contributed by atoms with Crippen LogP contribution in [-0.2, 0) is 4.79 Å². The molecule has 3 amide bonds. The van der Waals surface area contributed by atoms with Crippen molar-refractivity contribution >= 4 is 17.6 Å². The Kier molecular flexibility index (Phi) is 7.86. The van der Waals surface area contributed by atoms with Crippen LogP contribution in [0.25, 0.3) is 0 Å². The normalized spacial score (nSPS) is 14.1. The van der Waals surface area contributed by atoms with Gasteiger partial charge in [0.15, 0.2) is 0 Å². The molecule has 1 saturated carbocycles. The Balaban J connectivity index is 1.31. The summed E-state index contributed by atoms with van der Waals surface area (Å²) in [4.78, 5) is 27.9. The fraction of sp³-hybridized carbons (Fsp3) is 0.409. The molecule has 1 aliphatic carbocycles. The van der Waals surface area contributed by atoms with Gasteiger partial charge in [-0.1, -0.05) is 19.3 Å². The lowest BCUT2D eigenvalue weighted by molar-refractivity contribution is -0.116. The number of aromatic nitrogens is 1. The summed E-state index contributed by atoms with van der Waals surface area (Å²) in [6.07, 6.45) is 10.0. The summed E-state index contributed by atoms with van der Waals surface area (Å²) < 4.78 is 5.70. The molecule has 0 spiro atoms. The molecule has 3 rings (SSSR count). The first-order chi connectivity index (χ1) is 14.2. The van der Waals surface area contributed by atoms with Crippen LogP contribution in [0.1, 0.15) is 44.9 Å². The minimum Gasteiger partial charge on any atom is -0.457 e. The molecule has 7 nitrogen and oxygen atoms in total. The number of nitrogens with one attached hydrogen (secondary N) is 3. The molecule has 7 heteroatoms. The zero-order valence-corrected chi connectivity index (χ0v) is 16.5. The number of carbonyl (C=O) groups excluding carboxylic acids is 2. The number of benzene rings is 1. The van der Waals surface area contributed by atoms with Crippen LogP contribution in [0.15, 0.2) is 48.8 Å². The van der Waals surface area contributed by atoms with Gasteiger partial charge in [0.2, 0.25) is 5.91 Å². The SMILES string of the molecule is O=C(CCCNC(=O)NC1CCCCC1)Nc1ccc(Oc2ccncc2)cc1. The molecular formula is C22H28N4O3. The lowest BCUT2D eigenvalue weighted by Gasteiger charge is -2.22. The molecule has 154 valence electrons. The van der Waals surface area contributed by atoms with E-state index in [-0.39, 0.29) is 18.0 Å². The van der Waals surface area contributed by atoms with Crippen LogP contribution in [0.5, 0.6) is 11.5 Å². The Labute approximate surface area is 171 Å². The summed E-state index contributed by atoms with van der Waals surface area (Å²) in [5.74, 6) is 1.31. The van der Waals surface area contributed by atoms with Gasteiger partial charge in [-0.25, -0.2) is 4.79 Å². The molecule has 0 unspecified atom stereocenters. The average Bonchev–Trinajstić information content (AvgIpc) is 2.74. The third-order valence-corrected chi connectivity index (χ3v) is 4.83. The van der Waals surface area contributed by atoms with Crippen molar-refractivity contribution in [1.82, 2.24) is 15.6 Å². The minimum absolute atomic E-state index is 0.0812. The van der Waals surface area contributed by atoms with Gasteiger partial charge in [-0.3, -0.25) is 9.78 Å². The Morgan fingerprint density at radius 1 is 0.966 bits per heavy atom. The van der Waals surface area contributed by atoms with Gasteiger partial charge in [0.1, 0.15) is 11.5 Å². The van der Waals surface area contributed by atoms with Crippen LogP contribution < -0.4 is 20.7 Å². The molecule has 3 N–H and O–H groups in total. The van der Waals surface area contributed by atoms with E-state index in [1.807, 2.05) is 0 Å². The van der Waals surface area contributed by atoms with Crippen molar-refractivity contribution in [3.63, 3.8) is 0 Å². The predicted octanol–water partition coefficient (Wildman–Crippen LogP) is 4.22. The van der Waals surface area contributed by atoms with Gasteiger partial charge in [-0.05, 0) is 55.7 Å². The number of hydrogen-bond acceptors (Lipinski definition) is 4. The average molecular weight is 396 g/mol. The molecule has 1 fully saturated rings. The number of urea groups is 1.